The van der Waals surface area contributed by atoms with E-state index in [-0.39, 0.29) is 42.2 Å². The first-order valence-electron chi connectivity index (χ1n) is 8.53. The van der Waals surface area contributed by atoms with Crippen LogP contribution in [0.5, 0.6) is 17.5 Å². The lowest BCUT2D eigenvalue weighted by molar-refractivity contribution is 0.0386. The molecule has 0 aliphatic carbocycles. The maximum Gasteiger partial charge on any atom is 0.411 e. The van der Waals surface area contributed by atoms with Crippen molar-refractivity contribution in [3.8, 4) is 17.5 Å². The molecular weight excluding hydrogens is 436 g/mol. The number of para-hydroxylation sites is 1. The highest BCUT2D eigenvalue weighted by atomic mass is 32.2. The average Bonchev–Trinajstić information content (AvgIpc) is 2.72. The summed E-state index contributed by atoms with van der Waals surface area (Å²) in [6, 6.07) is 5.57. The van der Waals surface area contributed by atoms with Crippen molar-refractivity contribution in [2.45, 2.75) is 0 Å². The minimum atomic E-state index is -4.68. The van der Waals surface area contributed by atoms with Crippen LogP contribution in [0.4, 0.5) is 10.7 Å². The molecule has 2 N–H and O–H groups in total. The predicted octanol–water partition coefficient (Wildman–Crippen LogP) is 0.742. The van der Waals surface area contributed by atoms with Gasteiger partial charge in [0.2, 0.25) is 17.7 Å². The lowest BCUT2D eigenvalue weighted by atomic mass is 10.2. The van der Waals surface area contributed by atoms with E-state index in [1.165, 1.54) is 51.7 Å². The second-order valence-electron chi connectivity index (χ2n) is 5.49. The van der Waals surface area contributed by atoms with Crippen molar-refractivity contribution < 1.29 is 41.1 Å². The molecule has 0 saturated heterocycles. The number of aromatic nitrogens is 2. The molecule has 0 aliphatic heterocycles. The van der Waals surface area contributed by atoms with Crippen LogP contribution < -0.4 is 23.7 Å². The number of esters is 1. The SMILES string of the molecule is COCCOC(=O)c1ccccc1OS(=O)(=O)NC(=O)Nc1nc(OC)cc(OC)n1. The average molecular weight is 456 g/mol. The highest BCUT2D eigenvalue weighted by Gasteiger charge is 2.22. The number of methoxy groups -OCH3 is 3. The first-order chi connectivity index (χ1) is 14.8. The predicted molar refractivity (Wildman–Crippen MR) is 105 cm³/mol. The summed E-state index contributed by atoms with van der Waals surface area (Å²) in [6.07, 6.45) is 0. The monoisotopic (exact) mass is 456 g/mol. The van der Waals surface area contributed by atoms with Gasteiger partial charge in [0.25, 0.3) is 0 Å². The van der Waals surface area contributed by atoms with Gasteiger partial charge in [-0.3, -0.25) is 5.32 Å². The van der Waals surface area contributed by atoms with Crippen LogP contribution in [-0.4, -0.2) is 64.9 Å². The Hall–Kier alpha value is -3.65. The third-order valence-corrected chi connectivity index (χ3v) is 4.20. The van der Waals surface area contributed by atoms with Crippen molar-refractivity contribution in [2.24, 2.45) is 0 Å². The summed E-state index contributed by atoms with van der Waals surface area (Å²) in [5, 5.41) is 2.11. The Labute approximate surface area is 177 Å². The normalized spacial score (nSPS) is 10.7. The van der Waals surface area contributed by atoms with Crippen LogP contribution in [0.3, 0.4) is 0 Å². The quantitative estimate of drug-likeness (QED) is 0.383. The third kappa shape index (κ3) is 7.27. The van der Waals surface area contributed by atoms with Gasteiger partial charge in [-0.15, -0.1) is 0 Å². The third-order valence-electron chi connectivity index (χ3n) is 3.37. The molecule has 0 spiro atoms. The molecule has 168 valence electrons. The van der Waals surface area contributed by atoms with E-state index in [1.54, 1.807) is 4.72 Å². The Morgan fingerprint density at radius 3 is 2.26 bits per heavy atom. The number of anilines is 1. The van der Waals surface area contributed by atoms with Gasteiger partial charge < -0.3 is 23.1 Å². The van der Waals surface area contributed by atoms with Gasteiger partial charge in [-0.25, -0.2) is 14.3 Å². The molecule has 0 bridgehead atoms. The first-order valence-corrected chi connectivity index (χ1v) is 9.94. The Morgan fingerprint density at radius 1 is 1.00 bits per heavy atom. The minimum absolute atomic E-state index is 0.0406. The lowest BCUT2D eigenvalue weighted by Gasteiger charge is -2.12. The molecule has 2 aromatic rings. The fourth-order valence-corrected chi connectivity index (χ4v) is 2.75. The molecule has 1 heterocycles. The molecule has 13 nitrogen and oxygen atoms in total. The summed E-state index contributed by atoms with van der Waals surface area (Å²) in [7, 11) is -0.578. The van der Waals surface area contributed by atoms with Crippen molar-refractivity contribution in [1.29, 1.82) is 0 Å². The van der Waals surface area contributed by atoms with E-state index in [1.807, 2.05) is 0 Å². The van der Waals surface area contributed by atoms with E-state index in [2.05, 4.69) is 15.3 Å². The van der Waals surface area contributed by atoms with E-state index >= 15 is 0 Å². The van der Waals surface area contributed by atoms with E-state index in [0.717, 1.165) is 0 Å². The van der Waals surface area contributed by atoms with Gasteiger partial charge in [0.1, 0.15) is 12.2 Å². The molecule has 2 rings (SSSR count). The summed E-state index contributed by atoms with van der Waals surface area (Å²) in [6.45, 7) is 0.118. The van der Waals surface area contributed by atoms with Gasteiger partial charge in [0, 0.05) is 7.11 Å². The molecule has 0 fully saturated rings. The second kappa shape index (κ2) is 10.9. The highest BCUT2D eigenvalue weighted by Crippen LogP contribution is 2.21. The molecule has 14 heteroatoms. The molecule has 0 aliphatic rings. The minimum Gasteiger partial charge on any atom is -0.481 e. The van der Waals surface area contributed by atoms with Crippen molar-refractivity contribution in [2.75, 3.05) is 39.9 Å². The number of nitrogens with one attached hydrogen (secondary N) is 2. The van der Waals surface area contributed by atoms with Gasteiger partial charge >= 0.3 is 22.3 Å². The number of amides is 2. The molecule has 2 amide bonds. The van der Waals surface area contributed by atoms with Crippen molar-refractivity contribution in [1.82, 2.24) is 14.7 Å². The zero-order valence-corrected chi connectivity index (χ0v) is 17.6. The molecule has 0 radical (unpaired) electrons. The number of rotatable bonds is 10. The summed E-state index contributed by atoms with van der Waals surface area (Å²) in [5.41, 5.74) is -0.162. The number of nitrogens with zero attached hydrogens (tertiary/aromatic N) is 2. The van der Waals surface area contributed by atoms with Gasteiger partial charge in [-0.1, -0.05) is 12.1 Å². The van der Waals surface area contributed by atoms with Gasteiger partial charge in [0.15, 0.2) is 5.75 Å². The van der Waals surface area contributed by atoms with Crippen LogP contribution >= 0.6 is 0 Å². The Kier molecular flexibility index (Phi) is 8.33. The molecular formula is C17H20N4O9S. The number of carbonyl (C=O) groups is 2. The topological polar surface area (TPSA) is 164 Å². The van der Waals surface area contributed by atoms with Crippen LogP contribution in [0.1, 0.15) is 10.4 Å². The van der Waals surface area contributed by atoms with Crippen LogP contribution in [0.15, 0.2) is 30.3 Å². The number of carbonyl (C=O) groups excluding carboxylic acids is 2. The first kappa shape index (κ1) is 23.6. The second-order valence-corrected chi connectivity index (χ2v) is 6.77. The molecule has 1 aromatic heterocycles. The number of ether oxygens (including phenoxy) is 4. The summed E-state index contributed by atoms with van der Waals surface area (Å²) in [5.74, 6) is -1.32. The van der Waals surface area contributed by atoms with Crippen molar-refractivity contribution >= 4 is 28.3 Å². The number of urea groups is 1. The van der Waals surface area contributed by atoms with Gasteiger partial charge in [-0.2, -0.15) is 18.4 Å². The largest absolute Gasteiger partial charge is 0.481 e. The maximum absolute atomic E-state index is 12.2. The number of benzene rings is 1. The van der Waals surface area contributed by atoms with Crippen LogP contribution in [0.25, 0.3) is 0 Å². The van der Waals surface area contributed by atoms with Crippen molar-refractivity contribution in [3.05, 3.63) is 35.9 Å². The highest BCUT2D eigenvalue weighted by molar-refractivity contribution is 7.85. The number of hydrogen-bond acceptors (Lipinski definition) is 11. The van der Waals surface area contributed by atoms with E-state index in [4.69, 9.17) is 23.1 Å². The van der Waals surface area contributed by atoms with Crippen molar-refractivity contribution in [3.63, 3.8) is 0 Å². The lowest BCUT2D eigenvalue weighted by Crippen LogP contribution is -2.37. The van der Waals surface area contributed by atoms with Gasteiger partial charge in [0.05, 0.1) is 26.9 Å². The summed E-state index contributed by atoms with van der Waals surface area (Å²) in [4.78, 5) is 31.8. The van der Waals surface area contributed by atoms with Gasteiger partial charge in [-0.05, 0) is 12.1 Å². The summed E-state index contributed by atoms with van der Waals surface area (Å²) >= 11 is 0. The Balaban J connectivity index is 2.09. The van der Waals surface area contributed by atoms with E-state index in [9.17, 15) is 18.0 Å². The zero-order chi connectivity index (χ0) is 22.9. The Morgan fingerprint density at radius 2 is 1.65 bits per heavy atom. The number of hydrogen-bond donors (Lipinski definition) is 2. The standard InChI is InChI=1S/C17H20N4O9S/c1-26-8-9-29-15(22)11-6-4-5-7-12(11)30-31(24,25)21-17(23)20-16-18-13(27-2)10-14(19-16)28-3/h4-7,10H,8-9H2,1-3H3,(H2,18,19,20,21,23). The van der Waals surface area contributed by atoms with E-state index in [0.29, 0.717) is 0 Å². The fourth-order valence-electron chi connectivity index (χ4n) is 2.05. The molecule has 31 heavy (non-hydrogen) atoms. The maximum atomic E-state index is 12.2. The Bertz CT molecular complexity index is 1010. The van der Waals surface area contributed by atoms with Crippen LogP contribution in [0.2, 0.25) is 0 Å². The fraction of sp³-hybridized carbons (Fsp3) is 0.294. The smallest absolute Gasteiger partial charge is 0.411 e. The molecule has 1 aromatic carbocycles. The van der Waals surface area contributed by atoms with Crippen LogP contribution in [-0.2, 0) is 19.8 Å². The molecule has 0 atom stereocenters. The zero-order valence-electron chi connectivity index (χ0n) is 16.8. The summed E-state index contributed by atoms with van der Waals surface area (Å²) < 4.78 is 50.5. The molecule has 0 unspecified atom stereocenters. The molecule has 0 saturated carbocycles. The van der Waals surface area contributed by atoms with Crippen LogP contribution in [0, 0.1) is 0 Å². The van der Waals surface area contributed by atoms with E-state index < -0.39 is 22.3 Å².